The number of carbonyl (C=O) groups excluding carboxylic acids is 4. The van der Waals surface area contributed by atoms with Crippen LogP contribution in [0.1, 0.15) is 30.9 Å². The van der Waals surface area contributed by atoms with E-state index in [9.17, 15) is 24.3 Å². The summed E-state index contributed by atoms with van der Waals surface area (Å²) in [7, 11) is 0. The molecule has 1 fully saturated rings. The van der Waals surface area contributed by atoms with E-state index in [1.165, 1.54) is 19.1 Å². The molecule has 1 aliphatic heterocycles. The third kappa shape index (κ3) is 9.02. The number of amides is 4. The number of hydrogen-bond donors (Lipinski definition) is 7. The highest BCUT2D eigenvalue weighted by molar-refractivity contribution is 5.97. The molecule has 1 aliphatic rings. The maximum atomic E-state index is 13.4. The first kappa shape index (κ1) is 29.0. The minimum atomic E-state index is -1.05. The molecule has 3 rings (SSSR count). The summed E-state index contributed by atoms with van der Waals surface area (Å²) < 4.78 is 0. The van der Waals surface area contributed by atoms with Crippen LogP contribution in [0.5, 0.6) is 5.75 Å². The van der Waals surface area contributed by atoms with Gasteiger partial charge in [-0.3, -0.25) is 24.2 Å². The number of phenols is 1. The van der Waals surface area contributed by atoms with Crippen molar-refractivity contribution in [1.82, 2.24) is 21.3 Å². The highest BCUT2D eigenvalue weighted by atomic mass is 16.3. The molecule has 0 saturated carbocycles. The Labute approximate surface area is 226 Å². The van der Waals surface area contributed by atoms with Crippen molar-refractivity contribution in [2.75, 3.05) is 6.54 Å². The maximum Gasteiger partial charge on any atom is 0.243 e. The van der Waals surface area contributed by atoms with Gasteiger partial charge in [-0.15, -0.1) is 0 Å². The van der Waals surface area contributed by atoms with Gasteiger partial charge in [0.1, 0.15) is 29.9 Å². The summed E-state index contributed by atoms with van der Waals surface area (Å²) in [4.78, 5) is 56.9. The highest BCUT2D eigenvalue weighted by Crippen LogP contribution is 2.13. The number of nitrogens with one attached hydrogen (secondary N) is 4. The van der Waals surface area contributed by atoms with Crippen LogP contribution < -0.4 is 32.7 Å². The molecule has 0 bridgehead atoms. The van der Waals surface area contributed by atoms with Gasteiger partial charge in [-0.05, 0) is 43.0 Å². The van der Waals surface area contributed by atoms with Crippen LogP contribution in [0.25, 0.3) is 0 Å². The second-order valence-corrected chi connectivity index (χ2v) is 9.42. The summed E-state index contributed by atoms with van der Waals surface area (Å²) in [5, 5.41) is 20.4. The van der Waals surface area contributed by atoms with Crippen molar-refractivity contribution in [3.05, 3.63) is 65.7 Å². The Bertz CT molecular complexity index is 1180. The van der Waals surface area contributed by atoms with Gasteiger partial charge < -0.3 is 37.8 Å². The molecular weight excluding hydrogens is 502 g/mol. The molecule has 0 unspecified atom stereocenters. The number of nitrogens with two attached hydrogens (primary N) is 2. The van der Waals surface area contributed by atoms with Crippen molar-refractivity contribution in [2.45, 2.75) is 56.8 Å². The zero-order valence-electron chi connectivity index (χ0n) is 21.7. The van der Waals surface area contributed by atoms with Gasteiger partial charge in [0.2, 0.25) is 23.6 Å². The molecule has 0 aromatic heterocycles. The Morgan fingerprint density at radius 3 is 1.87 bits per heavy atom. The molecule has 12 heteroatoms. The Morgan fingerprint density at radius 2 is 1.26 bits per heavy atom. The first-order valence-electron chi connectivity index (χ1n) is 12.7. The molecule has 0 aliphatic carbocycles. The largest absolute Gasteiger partial charge is 0.508 e. The summed E-state index contributed by atoms with van der Waals surface area (Å²) >= 11 is 0. The lowest BCUT2D eigenvalue weighted by molar-refractivity contribution is -0.136. The average molecular weight is 538 g/mol. The Balaban J connectivity index is 1.88. The predicted molar refractivity (Wildman–Crippen MR) is 145 cm³/mol. The number of nitrogens with zero attached hydrogens (tertiary/aromatic N) is 1. The number of aromatic hydroxyl groups is 1. The monoisotopic (exact) mass is 537 g/mol. The minimum absolute atomic E-state index is 0.0600. The number of guanidine groups is 1. The second kappa shape index (κ2) is 13.8. The molecule has 1 saturated heterocycles. The SMILES string of the molecule is C[C@@H]1NC(=O)[C@H](Cc2ccccc2)NC(=O)[C@H](CCCN=C(N)N)NC(=O)[C@H](Cc2ccc(O)cc2)NC1=O. The molecular formula is C27H35N7O5. The maximum absolute atomic E-state index is 13.4. The Morgan fingerprint density at radius 1 is 0.744 bits per heavy atom. The van der Waals surface area contributed by atoms with Crippen molar-refractivity contribution in [3.63, 3.8) is 0 Å². The van der Waals surface area contributed by atoms with E-state index in [1.54, 1.807) is 12.1 Å². The van der Waals surface area contributed by atoms with E-state index < -0.39 is 47.8 Å². The van der Waals surface area contributed by atoms with E-state index in [4.69, 9.17) is 11.5 Å². The third-order valence-corrected chi connectivity index (χ3v) is 6.26. The highest BCUT2D eigenvalue weighted by Gasteiger charge is 2.33. The van der Waals surface area contributed by atoms with E-state index in [0.717, 1.165) is 5.56 Å². The summed E-state index contributed by atoms with van der Waals surface area (Å²) in [6.07, 6.45) is 0.838. The van der Waals surface area contributed by atoms with Crippen LogP contribution >= 0.6 is 0 Å². The quantitative estimate of drug-likeness (QED) is 0.130. The molecule has 9 N–H and O–H groups in total. The van der Waals surface area contributed by atoms with Gasteiger partial charge in [-0.25, -0.2) is 0 Å². The smallest absolute Gasteiger partial charge is 0.243 e. The number of hydrogen-bond acceptors (Lipinski definition) is 6. The predicted octanol–water partition coefficient (Wildman–Crippen LogP) is -0.796. The fourth-order valence-electron chi connectivity index (χ4n) is 4.13. The van der Waals surface area contributed by atoms with E-state index in [-0.39, 0.29) is 37.5 Å². The molecule has 4 atom stereocenters. The second-order valence-electron chi connectivity index (χ2n) is 9.42. The summed E-state index contributed by atoms with van der Waals surface area (Å²) in [5.41, 5.74) is 12.3. The lowest BCUT2D eigenvalue weighted by Gasteiger charge is -2.28. The molecule has 1 heterocycles. The fraction of sp³-hybridized carbons (Fsp3) is 0.370. The van der Waals surface area contributed by atoms with Crippen LogP contribution in [0.4, 0.5) is 0 Å². The van der Waals surface area contributed by atoms with Crippen LogP contribution in [0.3, 0.4) is 0 Å². The third-order valence-electron chi connectivity index (χ3n) is 6.26. The molecule has 4 amide bonds. The molecule has 2 aromatic rings. The normalized spacial score (nSPS) is 22.3. The van der Waals surface area contributed by atoms with Gasteiger partial charge in [-0.1, -0.05) is 42.5 Å². The number of rotatable bonds is 8. The van der Waals surface area contributed by atoms with Gasteiger partial charge in [0, 0.05) is 19.4 Å². The summed E-state index contributed by atoms with van der Waals surface area (Å²) in [5.74, 6) is -2.24. The van der Waals surface area contributed by atoms with Crippen LogP contribution in [-0.4, -0.2) is 65.4 Å². The lowest BCUT2D eigenvalue weighted by Crippen LogP contribution is -2.61. The van der Waals surface area contributed by atoms with Crippen molar-refractivity contribution in [1.29, 1.82) is 0 Å². The lowest BCUT2D eigenvalue weighted by atomic mass is 10.0. The fourth-order valence-corrected chi connectivity index (χ4v) is 4.13. The van der Waals surface area contributed by atoms with Crippen molar-refractivity contribution < 1.29 is 24.3 Å². The van der Waals surface area contributed by atoms with E-state index in [2.05, 4.69) is 26.3 Å². The van der Waals surface area contributed by atoms with Crippen molar-refractivity contribution >= 4 is 29.6 Å². The first-order valence-corrected chi connectivity index (χ1v) is 12.7. The van der Waals surface area contributed by atoms with Crippen LogP contribution in [0.15, 0.2) is 59.6 Å². The molecule has 2 aromatic carbocycles. The molecule has 0 spiro atoms. The van der Waals surface area contributed by atoms with Crippen molar-refractivity contribution in [3.8, 4) is 5.75 Å². The van der Waals surface area contributed by atoms with Gasteiger partial charge >= 0.3 is 0 Å². The number of aliphatic imine (C=N–C) groups is 1. The molecule has 12 nitrogen and oxygen atoms in total. The van der Waals surface area contributed by atoms with Crippen LogP contribution in [0.2, 0.25) is 0 Å². The topological polar surface area (TPSA) is 201 Å². The average Bonchev–Trinajstić information content (AvgIpc) is 2.90. The molecule has 0 radical (unpaired) electrons. The van der Waals surface area contributed by atoms with Gasteiger partial charge in [0.25, 0.3) is 0 Å². The zero-order valence-corrected chi connectivity index (χ0v) is 21.7. The van der Waals surface area contributed by atoms with E-state index in [1.807, 2.05) is 30.3 Å². The van der Waals surface area contributed by atoms with Crippen LogP contribution in [-0.2, 0) is 32.0 Å². The van der Waals surface area contributed by atoms with Gasteiger partial charge in [-0.2, -0.15) is 0 Å². The number of benzene rings is 2. The minimum Gasteiger partial charge on any atom is -0.508 e. The standard InChI is InChI=1S/C27H35N7O5/c1-16-23(36)33-22(15-18-9-11-19(35)12-10-18)26(39)32-20(8-5-13-30-27(28)29)24(37)34-21(25(38)31-16)14-17-6-3-2-4-7-17/h2-4,6-7,9-12,16,20-22,35H,5,8,13-15H2,1H3,(H,31,38)(H,32,39)(H,33,36)(H,34,37)(H4,28,29,30)/t16-,20-,21-,22-/m0/s1. The number of phenolic OH excluding ortho intramolecular Hbond substituents is 1. The summed E-state index contributed by atoms with van der Waals surface area (Å²) in [6.45, 7) is 1.74. The van der Waals surface area contributed by atoms with E-state index in [0.29, 0.717) is 12.0 Å². The van der Waals surface area contributed by atoms with Crippen molar-refractivity contribution in [2.24, 2.45) is 16.5 Å². The first-order chi connectivity index (χ1) is 18.6. The van der Waals surface area contributed by atoms with Gasteiger partial charge in [0.05, 0.1) is 0 Å². The Kier molecular flexibility index (Phi) is 10.2. The molecule has 39 heavy (non-hydrogen) atoms. The molecule has 208 valence electrons. The Hall–Kier alpha value is -4.61. The van der Waals surface area contributed by atoms with E-state index >= 15 is 0 Å². The van der Waals surface area contributed by atoms with Gasteiger partial charge in [0.15, 0.2) is 5.96 Å². The summed E-state index contributed by atoms with van der Waals surface area (Å²) in [6, 6.07) is 11.3. The number of carbonyl (C=O) groups is 4. The van der Waals surface area contributed by atoms with Crippen LogP contribution in [0, 0.1) is 0 Å². The zero-order chi connectivity index (χ0) is 28.4.